The van der Waals surface area contributed by atoms with Gasteiger partial charge in [0.1, 0.15) is 0 Å². The third kappa shape index (κ3) is 3.46. The molecule has 1 aliphatic heterocycles. The van der Waals surface area contributed by atoms with Crippen LogP contribution in [0.4, 0.5) is 5.69 Å². The van der Waals surface area contributed by atoms with E-state index in [1.807, 2.05) is 12.1 Å². The number of rotatable bonds is 3. The summed E-state index contributed by atoms with van der Waals surface area (Å²) in [6.45, 7) is 2.11. The first-order valence-electron chi connectivity index (χ1n) is 6.13. The van der Waals surface area contributed by atoms with Crippen LogP contribution in [-0.4, -0.2) is 25.0 Å². The standard InChI is InChI=1S/C13H19N3O/c14-13(17)10-4-6-11(7-5-10)16-12-3-1-2-8-15-9-12/h4-7,12,15-16H,1-3,8-9H2,(H2,14,17). The molecule has 0 bridgehead atoms. The van der Waals surface area contributed by atoms with Gasteiger partial charge in [0.25, 0.3) is 0 Å². The molecule has 1 heterocycles. The topological polar surface area (TPSA) is 67.2 Å². The number of hydrogen-bond acceptors (Lipinski definition) is 3. The molecule has 0 saturated carbocycles. The van der Waals surface area contributed by atoms with Crippen molar-refractivity contribution in [1.82, 2.24) is 5.32 Å². The maximum atomic E-state index is 10.9. The van der Waals surface area contributed by atoms with Gasteiger partial charge in [-0.2, -0.15) is 0 Å². The van der Waals surface area contributed by atoms with Gasteiger partial charge < -0.3 is 16.4 Å². The lowest BCUT2D eigenvalue weighted by Crippen LogP contribution is -2.30. The highest BCUT2D eigenvalue weighted by molar-refractivity contribution is 5.93. The molecular weight excluding hydrogens is 214 g/mol. The molecule has 1 aliphatic rings. The third-order valence-electron chi connectivity index (χ3n) is 3.09. The molecule has 1 unspecified atom stereocenters. The van der Waals surface area contributed by atoms with Gasteiger partial charge in [-0.1, -0.05) is 6.42 Å². The van der Waals surface area contributed by atoms with Gasteiger partial charge in [0.2, 0.25) is 5.91 Å². The highest BCUT2D eigenvalue weighted by Gasteiger charge is 2.11. The van der Waals surface area contributed by atoms with Gasteiger partial charge in [0.05, 0.1) is 0 Å². The summed E-state index contributed by atoms with van der Waals surface area (Å²) >= 11 is 0. The van der Waals surface area contributed by atoms with Gasteiger partial charge >= 0.3 is 0 Å². The molecule has 1 atom stereocenters. The second-order valence-corrected chi connectivity index (χ2v) is 4.48. The Bertz CT molecular complexity index is 367. The molecule has 0 radical (unpaired) electrons. The van der Waals surface area contributed by atoms with Gasteiger partial charge in [-0.25, -0.2) is 0 Å². The summed E-state index contributed by atoms with van der Waals surface area (Å²) < 4.78 is 0. The molecule has 4 heteroatoms. The fourth-order valence-electron chi connectivity index (χ4n) is 2.11. The summed E-state index contributed by atoms with van der Waals surface area (Å²) in [7, 11) is 0. The summed E-state index contributed by atoms with van der Waals surface area (Å²) in [6, 6.07) is 7.80. The second-order valence-electron chi connectivity index (χ2n) is 4.48. The van der Waals surface area contributed by atoms with Crippen molar-refractivity contribution in [2.24, 2.45) is 5.73 Å². The maximum absolute atomic E-state index is 10.9. The number of carbonyl (C=O) groups excluding carboxylic acids is 1. The number of hydrogen-bond donors (Lipinski definition) is 3. The molecule has 92 valence electrons. The Balaban J connectivity index is 1.95. The van der Waals surface area contributed by atoms with E-state index >= 15 is 0 Å². The lowest BCUT2D eigenvalue weighted by atomic mass is 10.1. The number of nitrogens with one attached hydrogen (secondary N) is 2. The number of anilines is 1. The summed E-state index contributed by atoms with van der Waals surface area (Å²) in [5, 5.41) is 6.88. The molecule has 17 heavy (non-hydrogen) atoms. The number of primary amides is 1. The molecular formula is C13H19N3O. The van der Waals surface area contributed by atoms with E-state index in [9.17, 15) is 4.79 Å². The Labute approximate surface area is 102 Å². The highest BCUT2D eigenvalue weighted by Crippen LogP contribution is 2.14. The van der Waals surface area contributed by atoms with Crippen LogP contribution >= 0.6 is 0 Å². The van der Waals surface area contributed by atoms with E-state index in [2.05, 4.69) is 10.6 Å². The Hall–Kier alpha value is -1.55. The van der Waals surface area contributed by atoms with Crippen molar-refractivity contribution >= 4 is 11.6 Å². The summed E-state index contributed by atoms with van der Waals surface area (Å²) in [5.41, 5.74) is 6.79. The number of carbonyl (C=O) groups is 1. The van der Waals surface area contributed by atoms with E-state index in [-0.39, 0.29) is 5.91 Å². The van der Waals surface area contributed by atoms with Crippen LogP contribution in [0.5, 0.6) is 0 Å². The minimum absolute atomic E-state index is 0.382. The molecule has 1 aromatic rings. The molecule has 1 saturated heterocycles. The summed E-state index contributed by atoms with van der Waals surface area (Å²) in [6.07, 6.45) is 3.69. The first-order valence-corrected chi connectivity index (χ1v) is 6.13. The van der Waals surface area contributed by atoms with Crippen LogP contribution < -0.4 is 16.4 Å². The largest absolute Gasteiger partial charge is 0.381 e. The van der Waals surface area contributed by atoms with E-state index in [0.717, 1.165) is 18.8 Å². The second kappa shape index (κ2) is 5.68. The number of nitrogens with two attached hydrogens (primary N) is 1. The molecule has 1 amide bonds. The minimum atomic E-state index is -0.382. The zero-order chi connectivity index (χ0) is 12.1. The van der Waals surface area contributed by atoms with Gasteiger partial charge in [-0.15, -0.1) is 0 Å². The summed E-state index contributed by atoms with van der Waals surface area (Å²) in [5.74, 6) is -0.382. The van der Waals surface area contributed by atoms with Gasteiger partial charge in [-0.05, 0) is 43.7 Å². The zero-order valence-corrected chi connectivity index (χ0v) is 9.91. The van der Waals surface area contributed by atoms with Crippen LogP contribution in [0.2, 0.25) is 0 Å². The average molecular weight is 233 g/mol. The van der Waals surface area contributed by atoms with E-state index in [0.29, 0.717) is 11.6 Å². The van der Waals surface area contributed by atoms with Gasteiger partial charge in [-0.3, -0.25) is 4.79 Å². The Morgan fingerprint density at radius 3 is 2.76 bits per heavy atom. The van der Waals surface area contributed by atoms with Crippen molar-refractivity contribution < 1.29 is 4.79 Å². The smallest absolute Gasteiger partial charge is 0.248 e. The number of amides is 1. The molecule has 4 N–H and O–H groups in total. The van der Waals surface area contributed by atoms with Crippen molar-refractivity contribution in [3.05, 3.63) is 29.8 Å². The fraction of sp³-hybridized carbons (Fsp3) is 0.462. The Morgan fingerprint density at radius 2 is 2.06 bits per heavy atom. The maximum Gasteiger partial charge on any atom is 0.248 e. The predicted octanol–water partition coefficient (Wildman–Crippen LogP) is 1.34. The van der Waals surface area contributed by atoms with Crippen molar-refractivity contribution in [2.45, 2.75) is 25.3 Å². The quantitative estimate of drug-likeness (QED) is 0.738. The molecule has 0 spiro atoms. The van der Waals surface area contributed by atoms with Crippen LogP contribution in [0, 0.1) is 0 Å². The highest BCUT2D eigenvalue weighted by atomic mass is 16.1. The van der Waals surface area contributed by atoms with E-state index in [1.54, 1.807) is 12.1 Å². The zero-order valence-electron chi connectivity index (χ0n) is 9.91. The average Bonchev–Trinajstić information content (AvgIpc) is 2.58. The van der Waals surface area contributed by atoms with Crippen LogP contribution in [0.15, 0.2) is 24.3 Å². The van der Waals surface area contributed by atoms with Crippen LogP contribution in [0.1, 0.15) is 29.6 Å². The summed E-state index contributed by atoms with van der Waals surface area (Å²) in [4.78, 5) is 10.9. The fourth-order valence-corrected chi connectivity index (χ4v) is 2.11. The molecule has 2 rings (SSSR count). The lowest BCUT2D eigenvalue weighted by molar-refractivity contribution is 0.100. The molecule has 4 nitrogen and oxygen atoms in total. The Kier molecular flexibility index (Phi) is 3.98. The third-order valence-corrected chi connectivity index (χ3v) is 3.09. The van der Waals surface area contributed by atoms with Crippen molar-refractivity contribution in [2.75, 3.05) is 18.4 Å². The first kappa shape index (κ1) is 11.9. The van der Waals surface area contributed by atoms with Gasteiger partial charge in [0, 0.05) is 23.8 Å². The SMILES string of the molecule is NC(=O)c1ccc(NC2CCCCNC2)cc1. The number of benzene rings is 1. The van der Waals surface area contributed by atoms with E-state index in [4.69, 9.17) is 5.73 Å². The first-order chi connectivity index (χ1) is 8.25. The Morgan fingerprint density at radius 1 is 1.29 bits per heavy atom. The van der Waals surface area contributed by atoms with Crippen molar-refractivity contribution in [3.63, 3.8) is 0 Å². The van der Waals surface area contributed by atoms with Crippen LogP contribution in [-0.2, 0) is 0 Å². The predicted molar refractivity (Wildman–Crippen MR) is 69.1 cm³/mol. The van der Waals surface area contributed by atoms with Gasteiger partial charge in [0.15, 0.2) is 0 Å². The van der Waals surface area contributed by atoms with Crippen LogP contribution in [0.3, 0.4) is 0 Å². The van der Waals surface area contributed by atoms with E-state index in [1.165, 1.54) is 19.3 Å². The van der Waals surface area contributed by atoms with Crippen LogP contribution in [0.25, 0.3) is 0 Å². The molecule has 1 fully saturated rings. The molecule has 0 aliphatic carbocycles. The van der Waals surface area contributed by atoms with Crippen molar-refractivity contribution in [3.8, 4) is 0 Å². The minimum Gasteiger partial charge on any atom is -0.381 e. The van der Waals surface area contributed by atoms with E-state index < -0.39 is 0 Å². The monoisotopic (exact) mass is 233 g/mol. The molecule has 0 aromatic heterocycles. The van der Waals surface area contributed by atoms with Crippen molar-refractivity contribution in [1.29, 1.82) is 0 Å². The lowest BCUT2D eigenvalue weighted by Gasteiger charge is -2.17. The molecule has 1 aromatic carbocycles. The normalized spacial score (nSPS) is 20.6.